The van der Waals surface area contributed by atoms with Gasteiger partial charge in [-0.05, 0) is 30.2 Å². The van der Waals surface area contributed by atoms with Crippen LogP contribution in [0.2, 0.25) is 0 Å². The number of rotatable bonds is 8. The normalized spacial score (nSPS) is 27.3. The Morgan fingerprint density at radius 3 is 2.35 bits per heavy atom. The molecular weight excluding hydrogens is 507 g/mol. The van der Waals surface area contributed by atoms with Crippen LogP contribution < -0.4 is 10.6 Å². The Morgan fingerprint density at radius 1 is 1.13 bits per heavy atom. The third-order valence-electron chi connectivity index (χ3n) is 6.55. The summed E-state index contributed by atoms with van der Waals surface area (Å²) in [5.74, 6) is 1.02. The van der Waals surface area contributed by atoms with Crippen LogP contribution >= 0.6 is 24.0 Å². The Hall–Kier alpha value is -1.94. The number of benzene rings is 1. The van der Waals surface area contributed by atoms with Crippen molar-refractivity contribution in [2.75, 3.05) is 33.8 Å². The highest BCUT2D eigenvalue weighted by molar-refractivity contribution is 14.0. The molecule has 7 nitrogen and oxygen atoms in total. The molecule has 168 valence electrons. The second-order valence-corrected chi connectivity index (χ2v) is 8.20. The molecule has 5 atom stereocenters. The molecule has 3 aliphatic rings. The molecule has 1 aliphatic heterocycles. The average Bonchev–Trinajstić information content (AvgIpc) is 3.45. The van der Waals surface area contributed by atoms with Gasteiger partial charge in [0.25, 0.3) is 0 Å². The number of imide groups is 1. The van der Waals surface area contributed by atoms with Crippen molar-refractivity contribution in [3.8, 4) is 0 Å². The summed E-state index contributed by atoms with van der Waals surface area (Å²) >= 11 is 0. The molecule has 0 radical (unpaired) electrons. The first-order valence-corrected chi connectivity index (χ1v) is 10.7. The van der Waals surface area contributed by atoms with Crippen molar-refractivity contribution in [1.29, 1.82) is 0 Å². The number of ether oxygens (including phenoxy) is 1. The molecule has 0 aromatic heterocycles. The van der Waals surface area contributed by atoms with Crippen molar-refractivity contribution in [2.24, 2.45) is 28.7 Å². The molecule has 1 aromatic rings. The fourth-order valence-corrected chi connectivity index (χ4v) is 5.04. The summed E-state index contributed by atoms with van der Waals surface area (Å²) in [6.07, 6.45) is 5.83. The van der Waals surface area contributed by atoms with Gasteiger partial charge in [-0.3, -0.25) is 19.5 Å². The van der Waals surface area contributed by atoms with Gasteiger partial charge in [-0.2, -0.15) is 0 Å². The Morgan fingerprint density at radius 2 is 1.77 bits per heavy atom. The van der Waals surface area contributed by atoms with Crippen LogP contribution in [0.5, 0.6) is 0 Å². The number of halogens is 1. The number of likely N-dealkylation sites (tertiary alicyclic amines) is 1. The third kappa shape index (κ3) is 4.79. The molecule has 1 heterocycles. The molecule has 2 amide bonds. The lowest BCUT2D eigenvalue weighted by atomic mass is 9.85. The SMILES string of the molecule is CN=C(NCCCN1C(=O)C2C3C=CC(C3)C2C1=O)NCC(OC)c1ccccc1.I. The van der Waals surface area contributed by atoms with E-state index in [2.05, 4.69) is 27.8 Å². The standard InChI is InChI=1S/C23H30N4O3.HI/c1-24-23(26-14-18(30-2)15-7-4-3-5-8-15)25-11-6-12-27-21(28)19-16-9-10-17(13-16)20(19)22(27)29;/h3-5,7-10,16-20H,6,11-14H2,1-2H3,(H2,24,25,26);1H. The van der Waals surface area contributed by atoms with Gasteiger partial charge in [0.2, 0.25) is 11.8 Å². The number of amides is 2. The summed E-state index contributed by atoms with van der Waals surface area (Å²) in [5.41, 5.74) is 1.10. The summed E-state index contributed by atoms with van der Waals surface area (Å²) in [6.45, 7) is 1.67. The lowest BCUT2D eigenvalue weighted by Gasteiger charge is -2.20. The lowest BCUT2D eigenvalue weighted by Crippen LogP contribution is -2.41. The van der Waals surface area contributed by atoms with E-state index in [4.69, 9.17) is 4.74 Å². The predicted octanol–water partition coefficient (Wildman–Crippen LogP) is 2.35. The molecule has 8 heteroatoms. The van der Waals surface area contributed by atoms with Crippen LogP contribution in [-0.4, -0.2) is 56.5 Å². The zero-order valence-corrected chi connectivity index (χ0v) is 20.3. The molecule has 2 aliphatic carbocycles. The fourth-order valence-electron chi connectivity index (χ4n) is 5.04. The minimum absolute atomic E-state index is 0. The minimum Gasteiger partial charge on any atom is -0.375 e. The zero-order chi connectivity index (χ0) is 21.1. The van der Waals surface area contributed by atoms with Crippen molar-refractivity contribution in [1.82, 2.24) is 15.5 Å². The van der Waals surface area contributed by atoms with Crippen molar-refractivity contribution < 1.29 is 14.3 Å². The van der Waals surface area contributed by atoms with Crippen LogP contribution in [0.15, 0.2) is 47.5 Å². The van der Waals surface area contributed by atoms with Gasteiger partial charge in [0.05, 0.1) is 17.9 Å². The molecule has 4 rings (SSSR count). The van der Waals surface area contributed by atoms with Gasteiger partial charge in [0.15, 0.2) is 5.96 Å². The molecule has 2 bridgehead atoms. The Labute approximate surface area is 200 Å². The quantitative estimate of drug-likeness (QED) is 0.133. The highest BCUT2D eigenvalue weighted by Crippen LogP contribution is 2.52. The first kappa shape index (κ1) is 23.7. The van der Waals surface area contributed by atoms with E-state index in [0.717, 1.165) is 12.0 Å². The van der Waals surface area contributed by atoms with Crippen LogP contribution in [0, 0.1) is 23.7 Å². The van der Waals surface area contributed by atoms with Crippen LogP contribution in [-0.2, 0) is 14.3 Å². The van der Waals surface area contributed by atoms with Crippen molar-refractivity contribution in [2.45, 2.75) is 18.9 Å². The number of carbonyl (C=O) groups excluding carboxylic acids is 2. The molecule has 31 heavy (non-hydrogen) atoms. The van der Waals surface area contributed by atoms with Crippen molar-refractivity contribution in [3.05, 3.63) is 48.0 Å². The van der Waals surface area contributed by atoms with E-state index in [1.807, 2.05) is 30.3 Å². The summed E-state index contributed by atoms with van der Waals surface area (Å²) < 4.78 is 5.57. The summed E-state index contributed by atoms with van der Waals surface area (Å²) in [5, 5.41) is 6.53. The van der Waals surface area contributed by atoms with Gasteiger partial charge in [-0.25, -0.2) is 0 Å². The maximum atomic E-state index is 12.7. The lowest BCUT2D eigenvalue weighted by molar-refractivity contribution is -0.140. The van der Waals surface area contributed by atoms with Gasteiger partial charge < -0.3 is 15.4 Å². The fraction of sp³-hybridized carbons (Fsp3) is 0.522. The van der Waals surface area contributed by atoms with Gasteiger partial charge in [-0.15, -0.1) is 24.0 Å². The number of aliphatic imine (C=N–C) groups is 1. The minimum atomic E-state index is -0.112. The number of nitrogens with one attached hydrogen (secondary N) is 2. The molecule has 0 spiro atoms. The Bertz CT molecular complexity index is 814. The molecule has 2 fully saturated rings. The van der Waals surface area contributed by atoms with Crippen LogP contribution in [0.1, 0.15) is 24.5 Å². The third-order valence-corrected chi connectivity index (χ3v) is 6.55. The predicted molar refractivity (Wildman–Crippen MR) is 130 cm³/mol. The van der Waals surface area contributed by atoms with E-state index in [1.54, 1.807) is 14.2 Å². The molecule has 5 unspecified atom stereocenters. The average molecular weight is 538 g/mol. The van der Waals surface area contributed by atoms with E-state index in [0.29, 0.717) is 32.0 Å². The number of nitrogens with zero attached hydrogens (tertiary/aromatic N) is 2. The summed E-state index contributed by atoms with van der Waals surface area (Å²) in [4.78, 5) is 31.2. The number of hydrogen-bond acceptors (Lipinski definition) is 4. The smallest absolute Gasteiger partial charge is 0.233 e. The van der Waals surface area contributed by atoms with E-state index in [9.17, 15) is 9.59 Å². The highest BCUT2D eigenvalue weighted by atomic mass is 127. The highest BCUT2D eigenvalue weighted by Gasteiger charge is 2.58. The van der Waals surface area contributed by atoms with E-state index >= 15 is 0 Å². The van der Waals surface area contributed by atoms with Crippen molar-refractivity contribution >= 4 is 41.8 Å². The Balaban J connectivity index is 0.00000272. The molecule has 1 aromatic carbocycles. The van der Waals surface area contributed by atoms with E-state index in [1.165, 1.54) is 4.90 Å². The van der Waals surface area contributed by atoms with Crippen molar-refractivity contribution in [3.63, 3.8) is 0 Å². The van der Waals surface area contributed by atoms with E-state index in [-0.39, 0.29) is 65.6 Å². The van der Waals surface area contributed by atoms with Gasteiger partial charge in [-0.1, -0.05) is 42.5 Å². The van der Waals surface area contributed by atoms with Gasteiger partial charge in [0, 0.05) is 33.8 Å². The largest absolute Gasteiger partial charge is 0.375 e. The number of guanidine groups is 1. The summed E-state index contributed by atoms with van der Waals surface area (Å²) in [6, 6.07) is 10.0. The number of methoxy groups -OCH3 is 1. The number of carbonyl (C=O) groups is 2. The second-order valence-electron chi connectivity index (χ2n) is 8.20. The van der Waals surface area contributed by atoms with Gasteiger partial charge >= 0.3 is 0 Å². The number of hydrogen-bond donors (Lipinski definition) is 2. The number of allylic oxidation sites excluding steroid dienone is 2. The topological polar surface area (TPSA) is 83.0 Å². The first-order valence-electron chi connectivity index (χ1n) is 10.7. The van der Waals surface area contributed by atoms with Crippen LogP contribution in [0.3, 0.4) is 0 Å². The maximum absolute atomic E-state index is 12.7. The maximum Gasteiger partial charge on any atom is 0.233 e. The monoisotopic (exact) mass is 538 g/mol. The van der Waals surface area contributed by atoms with Gasteiger partial charge in [0.1, 0.15) is 0 Å². The second kappa shape index (κ2) is 10.6. The zero-order valence-electron chi connectivity index (χ0n) is 18.0. The van der Waals surface area contributed by atoms with E-state index < -0.39 is 0 Å². The molecule has 1 saturated heterocycles. The first-order chi connectivity index (χ1) is 14.6. The molecular formula is C23H31IN4O3. The van der Waals surface area contributed by atoms with Crippen LogP contribution in [0.25, 0.3) is 0 Å². The summed E-state index contributed by atoms with van der Waals surface area (Å²) in [7, 11) is 3.41. The molecule has 1 saturated carbocycles. The number of fused-ring (bicyclic) bond motifs is 5. The molecule has 2 N–H and O–H groups in total. The van der Waals surface area contributed by atoms with Crippen LogP contribution in [0.4, 0.5) is 0 Å². The Kier molecular flexibility index (Phi) is 8.10.